The second-order valence-corrected chi connectivity index (χ2v) is 9.26. The Morgan fingerprint density at radius 3 is 2.21 bits per heavy atom. The summed E-state index contributed by atoms with van der Waals surface area (Å²) in [5.41, 5.74) is 4.28. The number of rotatable bonds is 10. The third-order valence-corrected chi connectivity index (χ3v) is 6.91. The molecule has 4 N–H and O–H groups in total. The average molecular weight is 521 g/mol. The van der Waals surface area contributed by atoms with Gasteiger partial charge in [-0.3, -0.25) is 14.8 Å². The van der Waals surface area contributed by atoms with E-state index in [1.54, 1.807) is 32.9 Å². The molecular formula is C29H32N2O7. The lowest BCUT2D eigenvalue weighted by Gasteiger charge is -2.28. The molecule has 0 bridgehead atoms. The zero-order chi connectivity index (χ0) is 27.3. The second-order valence-electron chi connectivity index (χ2n) is 9.26. The number of benzene rings is 3. The minimum atomic E-state index is -1.50. The molecule has 0 saturated heterocycles. The first-order chi connectivity index (χ1) is 18.3. The molecule has 38 heavy (non-hydrogen) atoms. The number of aryl methyl sites for hydroxylation is 1. The Labute approximate surface area is 221 Å². The number of aliphatic hydroxyl groups is 1. The van der Waals surface area contributed by atoms with Crippen molar-refractivity contribution in [2.45, 2.75) is 31.4 Å². The first-order valence-electron chi connectivity index (χ1n) is 12.3. The van der Waals surface area contributed by atoms with Gasteiger partial charge in [0, 0.05) is 18.4 Å². The van der Waals surface area contributed by atoms with Gasteiger partial charge in [0.15, 0.2) is 17.2 Å². The van der Waals surface area contributed by atoms with Gasteiger partial charge in [-0.2, -0.15) is 0 Å². The van der Waals surface area contributed by atoms with Crippen molar-refractivity contribution in [3.8, 4) is 28.4 Å². The van der Waals surface area contributed by atoms with Gasteiger partial charge in [-0.15, -0.1) is 0 Å². The minimum absolute atomic E-state index is 0.229. The molecular weight excluding hydrogens is 488 g/mol. The van der Waals surface area contributed by atoms with Crippen LogP contribution in [0.3, 0.4) is 0 Å². The number of hydroxylamine groups is 1. The van der Waals surface area contributed by atoms with E-state index < -0.39 is 23.5 Å². The maximum atomic E-state index is 13.3. The van der Waals surface area contributed by atoms with Crippen LogP contribution in [0.1, 0.15) is 29.5 Å². The summed E-state index contributed by atoms with van der Waals surface area (Å²) in [4.78, 5) is 25.3. The van der Waals surface area contributed by atoms with Gasteiger partial charge in [0.25, 0.3) is 0 Å². The van der Waals surface area contributed by atoms with Crippen LogP contribution in [0.15, 0.2) is 60.7 Å². The molecule has 9 heteroatoms. The summed E-state index contributed by atoms with van der Waals surface area (Å²) >= 11 is 0. The van der Waals surface area contributed by atoms with E-state index >= 15 is 0 Å². The van der Waals surface area contributed by atoms with Crippen LogP contribution in [0, 0.1) is 5.92 Å². The van der Waals surface area contributed by atoms with E-state index in [0.717, 1.165) is 22.3 Å². The maximum absolute atomic E-state index is 13.3. The normalized spacial score (nSPS) is 16.8. The number of carbonyl (C=O) groups is 2. The fourth-order valence-electron chi connectivity index (χ4n) is 4.92. The highest BCUT2D eigenvalue weighted by molar-refractivity contribution is 5.86. The Hall–Kier alpha value is -4.08. The fraction of sp³-hybridized carbons (Fsp3) is 0.310. The second kappa shape index (κ2) is 11.5. The van der Waals surface area contributed by atoms with E-state index in [4.69, 9.17) is 19.4 Å². The van der Waals surface area contributed by atoms with Crippen LogP contribution in [0.25, 0.3) is 11.1 Å². The van der Waals surface area contributed by atoms with E-state index in [9.17, 15) is 14.7 Å². The highest BCUT2D eigenvalue weighted by atomic mass is 16.5. The monoisotopic (exact) mass is 520 g/mol. The molecule has 9 nitrogen and oxygen atoms in total. The van der Waals surface area contributed by atoms with E-state index in [1.165, 1.54) is 0 Å². The number of ether oxygens (including phenoxy) is 3. The van der Waals surface area contributed by atoms with Crippen LogP contribution in [0.4, 0.5) is 0 Å². The molecule has 2 atom stereocenters. The highest BCUT2D eigenvalue weighted by Crippen LogP contribution is 2.41. The first kappa shape index (κ1) is 27.0. The van der Waals surface area contributed by atoms with Crippen molar-refractivity contribution < 1.29 is 34.1 Å². The van der Waals surface area contributed by atoms with E-state index in [-0.39, 0.29) is 12.8 Å². The van der Waals surface area contributed by atoms with Crippen molar-refractivity contribution >= 4 is 11.8 Å². The number of hydrogen-bond donors (Lipinski definition) is 4. The van der Waals surface area contributed by atoms with Gasteiger partial charge in [0.05, 0.1) is 27.2 Å². The van der Waals surface area contributed by atoms with Gasteiger partial charge < -0.3 is 24.6 Å². The molecule has 0 heterocycles. The molecule has 3 aromatic carbocycles. The van der Waals surface area contributed by atoms with Crippen LogP contribution < -0.4 is 25.0 Å². The Bertz CT molecular complexity index is 1280. The lowest BCUT2D eigenvalue weighted by Crippen LogP contribution is -2.47. The first-order valence-corrected chi connectivity index (χ1v) is 12.3. The van der Waals surface area contributed by atoms with Crippen molar-refractivity contribution in [3.63, 3.8) is 0 Å². The maximum Gasteiger partial charge on any atom is 0.244 e. The Morgan fingerprint density at radius 2 is 1.61 bits per heavy atom. The van der Waals surface area contributed by atoms with Gasteiger partial charge in [0.2, 0.25) is 17.6 Å². The molecule has 2 amide bonds. The molecule has 0 radical (unpaired) electrons. The summed E-state index contributed by atoms with van der Waals surface area (Å²) in [5, 5.41) is 23.0. The molecule has 0 fully saturated rings. The standard InChI is InChI=1S/C29H32N2O7/c1-36-24-15-21(16-25(37-2)27(24)38-3)19-10-8-18(9-11-19)14-22(17-26(32)31-35)28(33)30-29(34)13-12-20-6-4-5-7-23(20)29/h4-11,15-16,22,34-35H,12-14,17H2,1-3H3,(H,30,33)(H,31,32)/t22-,29+/m1/s1. The molecule has 4 rings (SSSR count). The predicted molar refractivity (Wildman–Crippen MR) is 140 cm³/mol. The number of nitrogens with one attached hydrogen (secondary N) is 2. The van der Waals surface area contributed by atoms with Crippen molar-refractivity contribution in [1.29, 1.82) is 0 Å². The summed E-state index contributed by atoms with van der Waals surface area (Å²) in [6, 6.07) is 18.7. The van der Waals surface area contributed by atoms with Gasteiger partial charge in [0.1, 0.15) is 0 Å². The molecule has 0 spiro atoms. The summed E-state index contributed by atoms with van der Waals surface area (Å²) in [7, 11) is 4.65. The summed E-state index contributed by atoms with van der Waals surface area (Å²) in [6.45, 7) is 0. The van der Waals surface area contributed by atoms with E-state index in [2.05, 4.69) is 5.32 Å². The molecule has 200 valence electrons. The molecule has 3 aromatic rings. The molecule has 0 saturated carbocycles. The van der Waals surface area contributed by atoms with Crippen molar-refractivity contribution in [2.75, 3.05) is 21.3 Å². The fourth-order valence-corrected chi connectivity index (χ4v) is 4.92. The summed E-state index contributed by atoms with van der Waals surface area (Å²) in [6.07, 6.45) is 0.971. The van der Waals surface area contributed by atoms with Crippen LogP contribution >= 0.6 is 0 Å². The largest absolute Gasteiger partial charge is 0.493 e. The zero-order valence-corrected chi connectivity index (χ0v) is 21.6. The van der Waals surface area contributed by atoms with Crippen LogP contribution in [-0.4, -0.2) is 43.5 Å². The van der Waals surface area contributed by atoms with Gasteiger partial charge in [-0.1, -0.05) is 48.5 Å². The Kier molecular flexibility index (Phi) is 8.19. The molecule has 1 aliphatic rings. The third-order valence-electron chi connectivity index (χ3n) is 6.91. The number of carbonyl (C=O) groups excluding carboxylic acids is 2. The van der Waals surface area contributed by atoms with Crippen molar-refractivity contribution in [3.05, 3.63) is 77.4 Å². The number of methoxy groups -OCH3 is 3. The smallest absolute Gasteiger partial charge is 0.244 e. The number of fused-ring (bicyclic) bond motifs is 1. The molecule has 0 aromatic heterocycles. The Morgan fingerprint density at radius 1 is 0.947 bits per heavy atom. The zero-order valence-electron chi connectivity index (χ0n) is 21.6. The van der Waals surface area contributed by atoms with E-state index in [0.29, 0.717) is 35.7 Å². The molecule has 0 unspecified atom stereocenters. The van der Waals surface area contributed by atoms with Gasteiger partial charge in [-0.05, 0) is 47.2 Å². The van der Waals surface area contributed by atoms with Gasteiger partial charge >= 0.3 is 0 Å². The van der Waals surface area contributed by atoms with Crippen LogP contribution in [-0.2, 0) is 28.2 Å². The lowest BCUT2D eigenvalue weighted by atomic mass is 9.92. The Balaban J connectivity index is 1.54. The summed E-state index contributed by atoms with van der Waals surface area (Å²) < 4.78 is 16.3. The van der Waals surface area contributed by atoms with E-state index in [1.807, 2.05) is 54.6 Å². The topological polar surface area (TPSA) is 126 Å². The predicted octanol–water partition coefficient (Wildman–Crippen LogP) is 3.34. The quantitative estimate of drug-likeness (QED) is 0.184. The highest BCUT2D eigenvalue weighted by Gasteiger charge is 2.39. The van der Waals surface area contributed by atoms with Crippen molar-refractivity contribution in [2.24, 2.45) is 5.92 Å². The third kappa shape index (κ3) is 5.58. The lowest BCUT2D eigenvalue weighted by molar-refractivity contribution is -0.139. The van der Waals surface area contributed by atoms with Crippen LogP contribution in [0.5, 0.6) is 17.2 Å². The number of amides is 2. The van der Waals surface area contributed by atoms with Crippen molar-refractivity contribution in [1.82, 2.24) is 10.8 Å². The average Bonchev–Trinajstić information content (AvgIpc) is 3.28. The molecule has 0 aliphatic heterocycles. The SMILES string of the molecule is COc1cc(-c2ccc(C[C@H](CC(=O)NO)C(=O)N[C@]3(O)CCc4ccccc43)cc2)cc(OC)c1OC. The minimum Gasteiger partial charge on any atom is -0.493 e. The molecule has 1 aliphatic carbocycles. The van der Waals surface area contributed by atoms with Crippen LogP contribution in [0.2, 0.25) is 0 Å². The summed E-state index contributed by atoms with van der Waals surface area (Å²) in [5.74, 6) is -0.406. The number of hydrogen-bond acceptors (Lipinski definition) is 7. The van der Waals surface area contributed by atoms with Gasteiger partial charge in [-0.25, -0.2) is 5.48 Å².